The SMILES string of the molecule is COCCC(Nc1nc(C(C)C)ns1)C(=O)O. The minimum Gasteiger partial charge on any atom is -0.480 e. The lowest BCUT2D eigenvalue weighted by molar-refractivity contribution is -0.138. The lowest BCUT2D eigenvalue weighted by atomic mass is 10.2. The van der Waals surface area contributed by atoms with Gasteiger partial charge in [-0.2, -0.15) is 4.37 Å². The van der Waals surface area contributed by atoms with Crippen molar-refractivity contribution < 1.29 is 14.6 Å². The Morgan fingerprint density at radius 1 is 1.59 bits per heavy atom. The van der Waals surface area contributed by atoms with E-state index in [1.807, 2.05) is 13.8 Å². The fourth-order valence-electron chi connectivity index (χ4n) is 1.17. The molecule has 0 saturated carbocycles. The molecule has 1 atom stereocenters. The number of nitrogens with zero attached hydrogens (tertiary/aromatic N) is 2. The normalized spacial score (nSPS) is 12.7. The number of ether oxygens (including phenoxy) is 1. The minimum absolute atomic E-state index is 0.240. The lowest BCUT2D eigenvalue weighted by Gasteiger charge is -2.12. The molecule has 0 bridgehead atoms. The van der Waals surface area contributed by atoms with E-state index in [9.17, 15) is 4.79 Å². The third-order valence-electron chi connectivity index (χ3n) is 2.16. The summed E-state index contributed by atoms with van der Waals surface area (Å²) in [5.74, 6) is 0.0563. The van der Waals surface area contributed by atoms with Gasteiger partial charge in [0.2, 0.25) is 5.13 Å². The van der Waals surface area contributed by atoms with Crippen molar-refractivity contribution in [1.82, 2.24) is 9.36 Å². The van der Waals surface area contributed by atoms with Gasteiger partial charge in [0.25, 0.3) is 0 Å². The van der Waals surface area contributed by atoms with Crippen LogP contribution in [0.15, 0.2) is 0 Å². The molecule has 0 amide bonds. The summed E-state index contributed by atoms with van der Waals surface area (Å²) in [6, 6.07) is -0.692. The van der Waals surface area contributed by atoms with Crippen molar-refractivity contribution >= 4 is 22.6 Å². The van der Waals surface area contributed by atoms with Crippen molar-refractivity contribution in [1.29, 1.82) is 0 Å². The number of aromatic nitrogens is 2. The van der Waals surface area contributed by atoms with Crippen LogP contribution < -0.4 is 5.32 Å². The molecule has 0 spiro atoms. The van der Waals surface area contributed by atoms with Gasteiger partial charge in [-0.15, -0.1) is 0 Å². The molecule has 0 aromatic carbocycles. The number of carbonyl (C=O) groups is 1. The van der Waals surface area contributed by atoms with Crippen molar-refractivity contribution in [2.75, 3.05) is 19.0 Å². The maximum absolute atomic E-state index is 11.0. The van der Waals surface area contributed by atoms with Gasteiger partial charge >= 0.3 is 5.97 Å². The van der Waals surface area contributed by atoms with Gasteiger partial charge in [-0.25, -0.2) is 9.78 Å². The van der Waals surface area contributed by atoms with E-state index in [0.717, 1.165) is 5.82 Å². The van der Waals surface area contributed by atoms with Crippen LogP contribution in [0.3, 0.4) is 0 Å². The Bertz CT molecular complexity index is 367. The van der Waals surface area contributed by atoms with E-state index >= 15 is 0 Å². The van der Waals surface area contributed by atoms with Crippen LogP contribution in [0.25, 0.3) is 0 Å². The van der Waals surface area contributed by atoms with Gasteiger partial charge < -0.3 is 15.2 Å². The maximum Gasteiger partial charge on any atom is 0.326 e. The summed E-state index contributed by atoms with van der Waals surface area (Å²) < 4.78 is 9.02. The van der Waals surface area contributed by atoms with E-state index in [-0.39, 0.29) is 5.92 Å². The minimum atomic E-state index is -0.914. The van der Waals surface area contributed by atoms with Crippen LogP contribution >= 0.6 is 11.5 Å². The predicted octanol–water partition coefficient (Wildman–Crippen LogP) is 1.56. The molecule has 2 N–H and O–H groups in total. The van der Waals surface area contributed by atoms with Crippen molar-refractivity contribution in [2.24, 2.45) is 0 Å². The highest BCUT2D eigenvalue weighted by atomic mass is 32.1. The molecule has 0 fully saturated rings. The summed E-state index contributed by atoms with van der Waals surface area (Å²) in [4.78, 5) is 15.2. The Morgan fingerprint density at radius 2 is 2.29 bits per heavy atom. The van der Waals surface area contributed by atoms with Crippen LogP contribution in [-0.4, -0.2) is 40.2 Å². The number of rotatable bonds is 7. The Labute approximate surface area is 104 Å². The molecule has 0 radical (unpaired) electrons. The molecule has 0 saturated heterocycles. The molecular weight excluding hydrogens is 242 g/mol. The molecular formula is C10H17N3O3S. The molecule has 7 heteroatoms. The highest BCUT2D eigenvalue weighted by molar-refractivity contribution is 7.09. The number of hydrogen-bond acceptors (Lipinski definition) is 6. The first-order chi connectivity index (χ1) is 8.04. The van der Waals surface area contributed by atoms with Crippen LogP contribution in [0, 0.1) is 0 Å². The highest BCUT2D eigenvalue weighted by Crippen LogP contribution is 2.18. The number of nitrogens with one attached hydrogen (secondary N) is 1. The molecule has 17 heavy (non-hydrogen) atoms. The summed E-state index contributed by atoms with van der Waals surface area (Å²) in [5, 5.41) is 12.4. The van der Waals surface area contributed by atoms with E-state index in [1.54, 1.807) is 7.11 Å². The summed E-state index contributed by atoms with van der Waals surface area (Å²) in [6.45, 7) is 4.37. The van der Waals surface area contributed by atoms with Gasteiger partial charge in [0.15, 0.2) is 0 Å². The number of methoxy groups -OCH3 is 1. The van der Waals surface area contributed by atoms with Crippen LogP contribution in [-0.2, 0) is 9.53 Å². The summed E-state index contributed by atoms with van der Waals surface area (Å²) in [6.07, 6.45) is 0.391. The van der Waals surface area contributed by atoms with E-state index in [2.05, 4.69) is 14.7 Å². The van der Waals surface area contributed by atoms with E-state index < -0.39 is 12.0 Å². The monoisotopic (exact) mass is 259 g/mol. The highest BCUT2D eigenvalue weighted by Gasteiger charge is 2.19. The number of aliphatic carboxylic acids is 1. The molecule has 0 aliphatic rings. The van der Waals surface area contributed by atoms with Crippen LogP contribution in [0.5, 0.6) is 0 Å². The first-order valence-corrected chi connectivity index (χ1v) is 6.13. The first kappa shape index (κ1) is 13.9. The zero-order chi connectivity index (χ0) is 12.8. The van der Waals surface area contributed by atoms with Crippen molar-refractivity contribution in [2.45, 2.75) is 32.2 Å². The van der Waals surface area contributed by atoms with Crippen LogP contribution in [0.2, 0.25) is 0 Å². The number of carboxylic acids is 1. The smallest absolute Gasteiger partial charge is 0.326 e. The quantitative estimate of drug-likeness (QED) is 0.773. The summed E-state index contributed by atoms with van der Waals surface area (Å²) in [7, 11) is 1.54. The number of anilines is 1. The number of hydrogen-bond donors (Lipinski definition) is 2. The fourth-order valence-corrected chi connectivity index (χ4v) is 1.93. The molecule has 1 heterocycles. The zero-order valence-electron chi connectivity index (χ0n) is 10.1. The van der Waals surface area contributed by atoms with E-state index in [1.165, 1.54) is 11.5 Å². The molecule has 1 unspecified atom stereocenters. The van der Waals surface area contributed by atoms with Crippen LogP contribution in [0.4, 0.5) is 5.13 Å². The second-order valence-corrected chi connectivity index (χ2v) is 4.68. The second-order valence-electron chi connectivity index (χ2n) is 3.93. The summed E-state index contributed by atoms with van der Waals surface area (Å²) >= 11 is 1.18. The Hall–Kier alpha value is -1.21. The maximum atomic E-state index is 11.0. The first-order valence-electron chi connectivity index (χ1n) is 5.36. The van der Waals surface area contributed by atoms with E-state index in [0.29, 0.717) is 18.2 Å². The third kappa shape index (κ3) is 4.27. The van der Waals surface area contributed by atoms with Gasteiger partial charge in [0.05, 0.1) is 0 Å². The molecule has 6 nitrogen and oxygen atoms in total. The van der Waals surface area contributed by atoms with Crippen LogP contribution in [0.1, 0.15) is 32.0 Å². The van der Waals surface area contributed by atoms with E-state index in [4.69, 9.17) is 9.84 Å². The lowest BCUT2D eigenvalue weighted by Crippen LogP contribution is -2.30. The van der Waals surface area contributed by atoms with Crippen molar-refractivity contribution in [3.05, 3.63) is 5.82 Å². The molecule has 96 valence electrons. The van der Waals surface area contributed by atoms with Gasteiger partial charge in [-0.05, 0) is 0 Å². The Kier molecular flexibility index (Phi) is 5.30. The molecule has 1 aromatic heterocycles. The van der Waals surface area contributed by atoms with Gasteiger partial charge in [0.1, 0.15) is 11.9 Å². The van der Waals surface area contributed by atoms with Gasteiger partial charge in [0, 0.05) is 37.6 Å². The molecule has 1 rings (SSSR count). The van der Waals surface area contributed by atoms with Gasteiger partial charge in [-0.1, -0.05) is 13.8 Å². The zero-order valence-corrected chi connectivity index (χ0v) is 11.0. The molecule has 0 aliphatic heterocycles. The average molecular weight is 259 g/mol. The predicted molar refractivity (Wildman–Crippen MR) is 65.5 cm³/mol. The molecule has 1 aromatic rings. The van der Waals surface area contributed by atoms with Crippen molar-refractivity contribution in [3.8, 4) is 0 Å². The second kappa shape index (κ2) is 6.51. The number of carboxylic acid groups (broad SMARTS) is 1. The Morgan fingerprint density at radius 3 is 2.76 bits per heavy atom. The summed E-state index contributed by atoms with van der Waals surface area (Å²) in [5.41, 5.74) is 0. The van der Waals surface area contributed by atoms with Crippen molar-refractivity contribution in [3.63, 3.8) is 0 Å². The van der Waals surface area contributed by atoms with Gasteiger partial charge in [-0.3, -0.25) is 0 Å². The standard InChI is InChI=1S/C10H17N3O3S/c1-6(2)8-12-10(17-13-8)11-7(9(14)15)4-5-16-3/h6-7H,4-5H2,1-3H3,(H,14,15)(H,11,12,13). The third-order valence-corrected chi connectivity index (χ3v) is 2.83. The topological polar surface area (TPSA) is 84.3 Å². The average Bonchev–Trinajstić information content (AvgIpc) is 2.72. The fraction of sp³-hybridized carbons (Fsp3) is 0.700. The Balaban J connectivity index is 2.62. The largest absolute Gasteiger partial charge is 0.480 e. The molecule has 0 aliphatic carbocycles.